The van der Waals surface area contributed by atoms with Crippen LogP contribution in [0.4, 0.5) is 0 Å². The van der Waals surface area contributed by atoms with Crippen LogP contribution in [0.5, 0.6) is 0 Å². The van der Waals surface area contributed by atoms with E-state index in [4.69, 9.17) is 4.42 Å². The molecule has 1 aromatic heterocycles. The Balaban J connectivity index is 2.75. The van der Waals surface area contributed by atoms with Gasteiger partial charge in [0.15, 0.2) is 0 Å². The quantitative estimate of drug-likeness (QED) is 0.724. The Labute approximate surface area is 76.8 Å². The van der Waals surface area contributed by atoms with Crippen molar-refractivity contribution in [3.63, 3.8) is 0 Å². The number of fused-ring (bicyclic) bond motifs is 1. The summed E-state index contributed by atoms with van der Waals surface area (Å²) in [6.45, 7) is 3.67. The fourth-order valence-electron chi connectivity index (χ4n) is 1.57. The molecule has 1 N–H and O–H groups in total. The fraction of sp³-hybridized carbons (Fsp3) is 0.273. The molecule has 0 aliphatic rings. The van der Waals surface area contributed by atoms with E-state index in [1.165, 1.54) is 0 Å². The molecule has 0 spiro atoms. The van der Waals surface area contributed by atoms with Gasteiger partial charge in [-0.25, -0.2) is 0 Å². The molecule has 2 rings (SSSR count). The highest BCUT2D eigenvalue weighted by Crippen LogP contribution is 2.26. The van der Waals surface area contributed by atoms with Crippen LogP contribution in [-0.4, -0.2) is 5.11 Å². The van der Waals surface area contributed by atoms with Crippen LogP contribution in [0.2, 0.25) is 0 Å². The molecule has 1 unspecified atom stereocenters. The van der Waals surface area contributed by atoms with Crippen LogP contribution < -0.4 is 0 Å². The Morgan fingerprint density at radius 3 is 2.85 bits per heavy atom. The van der Waals surface area contributed by atoms with Crippen LogP contribution in [-0.2, 0) is 0 Å². The summed E-state index contributed by atoms with van der Waals surface area (Å²) < 4.78 is 5.45. The SMILES string of the molecule is Cc1cc2c(C(C)O)cccc2o1. The van der Waals surface area contributed by atoms with Crippen LogP contribution in [0.25, 0.3) is 11.0 Å². The number of aryl methyl sites for hydroxylation is 1. The minimum absolute atomic E-state index is 0.444. The van der Waals surface area contributed by atoms with Crippen LogP contribution in [0.1, 0.15) is 24.4 Å². The van der Waals surface area contributed by atoms with Gasteiger partial charge < -0.3 is 9.52 Å². The maximum absolute atomic E-state index is 9.49. The molecule has 2 heteroatoms. The average molecular weight is 176 g/mol. The van der Waals surface area contributed by atoms with Crippen LogP contribution in [0, 0.1) is 6.92 Å². The lowest BCUT2D eigenvalue weighted by molar-refractivity contribution is 0.201. The topological polar surface area (TPSA) is 33.4 Å². The summed E-state index contributed by atoms with van der Waals surface area (Å²) in [6, 6.07) is 7.68. The van der Waals surface area contributed by atoms with Crippen molar-refractivity contribution in [2.45, 2.75) is 20.0 Å². The van der Waals surface area contributed by atoms with Gasteiger partial charge in [0.05, 0.1) is 6.10 Å². The van der Waals surface area contributed by atoms with Gasteiger partial charge in [-0.1, -0.05) is 12.1 Å². The van der Waals surface area contributed by atoms with E-state index in [9.17, 15) is 5.11 Å². The van der Waals surface area contributed by atoms with E-state index < -0.39 is 6.10 Å². The number of hydrogen-bond donors (Lipinski definition) is 1. The van der Waals surface area contributed by atoms with Gasteiger partial charge in [0.25, 0.3) is 0 Å². The summed E-state index contributed by atoms with van der Waals surface area (Å²) in [7, 11) is 0. The van der Waals surface area contributed by atoms with Crippen molar-refractivity contribution in [3.8, 4) is 0 Å². The van der Waals surface area contributed by atoms with E-state index in [-0.39, 0.29) is 0 Å². The number of furan rings is 1. The van der Waals surface area contributed by atoms with Gasteiger partial charge in [0.2, 0.25) is 0 Å². The van der Waals surface area contributed by atoms with E-state index in [0.717, 1.165) is 22.3 Å². The molecule has 0 saturated heterocycles. The number of aliphatic hydroxyl groups is 1. The van der Waals surface area contributed by atoms with E-state index >= 15 is 0 Å². The normalized spacial score (nSPS) is 13.5. The monoisotopic (exact) mass is 176 g/mol. The highest BCUT2D eigenvalue weighted by Gasteiger charge is 2.08. The van der Waals surface area contributed by atoms with E-state index in [1.807, 2.05) is 31.2 Å². The summed E-state index contributed by atoms with van der Waals surface area (Å²) in [6.07, 6.45) is -0.444. The Morgan fingerprint density at radius 2 is 2.15 bits per heavy atom. The predicted octanol–water partition coefficient (Wildman–Crippen LogP) is 2.79. The van der Waals surface area contributed by atoms with Crippen LogP contribution >= 0.6 is 0 Å². The standard InChI is InChI=1S/C11H12O2/c1-7-6-10-9(8(2)12)4-3-5-11(10)13-7/h3-6,8,12H,1-2H3. The summed E-state index contributed by atoms with van der Waals surface area (Å²) in [4.78, 5) is 0. The van der Waals surface area contributed by atoms with E-state index in [1.54, 1.807) is 6.92 Å². The lowest BCUT2D eigenvalue weighted by atomic mass is 10.1. The number of rotatable bonds is 1. The van der Waals surface area contributed by atoms with E-state index in [0.29, 0.717) is 0 Å². The Kier molecular flexibility index (Phi) is 1.85. The third kappa shape index (κ3) is 1.33. The van der Waals surface area contributed by atoms with Gasteiger partial charge in [-0.3, -0.25) is 0 Å². The Morgan fingerprint density at radius 1 is 1.38 bits per heavy atom. The molecule has 2 nitrogen and oxygen atoms in total. The molecule has 2 aromatic rings. The second-order valence-corrected chi connectivity index (χ2v) is 3.29. The van der Waals surface area contributed by atoms with E-state index in [2.05, 4.69) is 0 Å². The zero-order chi connectivity index (χ0) is 9.42. The van der Waals surface area contributed by atoms with Crippen molar-refractivity contribution in [1.29, 1.82) is 0 Å². The van der Waals surface area contributed by atoms with Crippen molar-refractivity contribution in [3.05, 3.63) is 35.6 Å². The molecular formula is C11H12O2. The lowest BCUT2D eigenvalue weighted by Gasteiger charge is -2.04. The molecule has 0 fully saturated rings. The third-order valence-corrected chi connectivity index (χ3v) is 2.17. The van der Waals surface area contributed by atoms with Gasteiger partial charge in [0.1, 0.15) is 11.3 Å². The summed E-state index contributed by atoms with van der Waals surface area (Å²) in [5, 5.41) is 10.5. The Bertz CT molecular complexity index is 427. The van der Waals surface area contributed by atoms with Crippen LogP contribution in [0.3, 0.4) is 0 Å². The van der Waals surface area contributed by atoms with Crippen molar-refractivity contribution in [2.24, 2.45) is 0 Å². The summed E-state index contributed by atoms with van der Waals surface area (Å²) in [5.41, 5.74) is 1.77. The largest absolute Gasteiger partial charge is 0.461 e. The molecule has 0 saturated carbocycles. The van der Waals surface area contributed by atoms with Gasteiger partial charge in [0, 0.05) is 5.39 Å². The minimum Gasteiger partial charge on any atom is -0.461 e. The van der Waals surface area contributed by atoms with Crippen molar-refractivity contribution in [1.82, 2.24) is 0 Å². The molecule has 1 atom stereocenters. The fourth-order valence-corrected chi connectivity index (χ4v) is 1.57. The molecular weight excluding hydrogens is 164 g/mol. The first-order valence-corrected chi connectivity index (χ1v) is 4.35. The van der Waals surface area contributed by atoms with Gasteiger partial charge in [-0.05, 0) is 31.5 Å². The molecule has 1 heterocycles. The number of hydrogen-bond acceptors (Lipinski definition) is 2. The minimum atomic E-state index is -0.444. The van der Waals surface area contributed by atoms with Crippen LogP contribution in [0.15, 0.2) is 28.7 Å². The molecule has 0 amide bonds. The summed E-state index contributed by atoms with van der Waals surface area (Å²) in [5.74, 6) is 0.878. The first-order valence-electron chi connectivity index (χ1n) is 4.35. The highest BCUT2D eigenvalue weighted by atomic mass is 16.3. The maximum Gasteiger partial charge on any atom is 0.134 e. The number of aliphatic hydroxyl groups excluding tert-OH is 1. The lowest BCUT2D eigenvalue weighted by Crippen LogP contribution is -1.90. The molecule has 0 aliphatic heterocycles. The molecule has 0 aliphatic carbocycles. The third-order valence-electron chi connectivity index (χ3n) is 2.17. The zero-order valence-electron chi connectivity index (χ0n) is 7.74. The molecule has 0 bridgehead atoms. The Hall–Kier alpha value is -1.28. The number of benzene rings is 1. The second-order valence-electron chi connectivity index (χ2n) is 3.29. The van der Waals surface area contributed by atoms with Gasteiger partial charge >= 0.3 is 0 Å². The molecule has 68 valence electrons. The molecule has 13 heavy (non-hydrogen) atoms. The van der Waals surface area contributed by atoms with Crippen molar-refractivity contribution >= 4 is 11.0 Å². The van der Waals surface area contributed by atoms with Crippen molar-refractivity contribution in [2.75, 3.05) is 0 Å². The highest BCUT2D eigenvalue weighted by molar-refractivity contribution is 5.82. The predicted molar refractivity (Wildman–Crippen MR) is 51.6 cm³/mol. The van der Waals surface area contributed by atoms with Crippen molar-refractivity contribution < 1.29 is 9.52 Å². The average Bonchev–Trinajstić information content (AvgIpc) is 2.43. The smallest absolute Gasteiger partial charge is 0.134 e. The first-order chi connectivity index (χ1) is 6.18. The van der Waals surface area contributed by atoms with Gasteiger partial charge in [-0.15, -0.1) is 0 Å². The second kappa shape index (κ2) is 2.89. The maximum atomic E-state index is 9.49. The van der Waals surface area contributed by atoms with Gasteiger partial charge in [-0.2, -0.15) is 0 Å². The zero-order valence-corrected chi connectivity index (χ0v) is 7.74. The summed E-state index contributed by atoms with van der Waals surface area (Å²) >= 11 is 0. The first kappa shape index (κ1) is 8.32. The molecule has 1 aromatic carbocycles. The molecule has 0 radical (unpaired) electrons.